The van der Waals surface area contributed by atoms with Crippen LogP contribution in [0.15, 0.2) is 0 Å². The maximum atomic E-state index is 5.45. The summed E-state index contributed by atoms with van der Waals surface area (Å²) in [6, 6.07) is 0.284. The number of nitrogens with one attached hydrogen (secondary N) is 1. The molecule has 0 aliphatic heterocycles. The lowest BCUT2D eigenvalue weighted by Crippen LogP contribution is -2.20. The molecule has 0 aliphatic carbocycles. The molecule has 0 fully saturated rings. The summed E-state index contributed by atoms with van der Waals surface area (Å²) < 4.78 is 0. The maximum absolute atomic E-state index is 5.45. The zero-order valence-electron chi connectivity index (χ0n) is 9.36. The van der Waals surface area contributed by atoms with Gasteiger partial charge >= 0.3 is 0 Å². The highest BCUT2D eigenvalue weighted by Crippen LogP contribution is 2.10. The van der Waals surface area contributed by atoms with Gasteiger partial charge in [0.2, 0.25) is 17.8 Å². The summed E-state index contributed by atoms with van der Waals surface area (Å²) in [4.78, 5) is 11.6. The predicted octanol–water partition coefficient (Wildman–Crippen LogP) is 0.882. The van der Waals surface area contributed by atoms with Gasteiger partial charge in [-0.1, -0.05) is 13.8 Å². The molecule has 0 spiro atoms. The quantitative estimate of drug-likeness (QED) is 0.681. The Hall–Kier alpha value is -1.59. The molecule has 84 valence electrons. The minimum Gasteiger partial charge on any atom is -0.368 e. The normalized spacial score (nSPS) is 12.8. The second kappa shape index (κ2) is 4.77. The summed E-state index contributed by atoms with van der Waals surface area (Å²) in [5, 5.41) is 3.13. The van der Waals surface area contributed by atoms with Crippen molar-refractivity contribution in [3.63, 3.8) is 0 Å². The number of nitrogens with two attached hydrogens (primary N) is 2. The number of nitrogen functional groups attached to an aromatic ring is 2. The first-order chi connectivity index (χ1) is 6.97. The smallest absolute Gasteiger partial charge is 0.229 e. The van der Waals surface area contributed by atoms with Crippen LogP contribution in [-0.2, 0) is 0 Å². The van der Waals surface area contributed by atoms with Crippen LogP contribution in [0.5, 0.6) is 0 Å². The van der Waals surface area contributed by atoms with Crippen LogP contribution in [-0.4, -0.2) is 21.0 Å². The van der Waals surface area contributed by atoms with E-state index >= 15 is 0 Å². The molecular weight excluding hydrogens is 192 g/mol. The molecule has 15 heavy (non-hydrogen) atoms. The Kier molecular flexibility index (Phi) is 3.65. The van der Waals surface area contributed by atoms with Crippen LogP contribution in [0.25, 0.3) is 0 Å². The molecule has 0 aliphatic rings. The SMILES string of the molecule is CC(C)CC(C)Nc1nc(N)nc(N)n1. The molecule has 1 unspecified atom stereocenters. The first-order valence-corrected chi connectivity index (χ1v) is 5.01. The second-order valence-electron chi connectivity index (χ2n) is 4.05. The fraction of sp³-hybridized carbons (Fsp3) is 0.667. The summed E-state index contributed by atoms with van der Waals surface area (Å²) in [5.74, 6) is 1.33. The Morgan fingerprint density at radius 3 is 2.07 bits per heavy atom. The van der Waals surface area contributed by atoms with E-state index in [9.17, 15) is 0 Å². The van der Waals surface area contributed by atoms with E-state index in [1.807, 2.05) is 0 Å². The van der Waals surface area contributed by atoms with Gasteiger partial charge in [0.15, 0.2) is 0 Å². The van der Waals surface area contributed by atoms with E-state index in [4.69, 9.17) is 11.5 Å². The Labute approximate surface area is 89.5 Å². The van der Waals surface area contributed by atoms with Gasteiger partial charge in [0.05, 0.1) is 0 Å². The van der Waals surface area contributed by atoms with Gasteiger partial charge in [0.25, 0.3) is 0 Å². The molecule has 1 atom stereocenters. The van der Waals surface area contributed by atoms with Gasteiger partial charge in [-0.15, -0.1) is 0 Å². The van der Waals surface area contributed by atoms with Crippen molar-refractivity contribution < 1.29 is 0 Å². The van der Waals surface area contributed by atoms with E-state index in [2.05, 4.69) is 41.0 Å². The van der Waals surface area contributed by atoms with Crippen molar-refractivity contribution in [2.75, 3.05) is 16.8 Å². The van der Waals surface area contributed by atoms with E-state index in [0.29, 0.717) is 11.9 Å². The van der Waals surface area contributed by atoms with Crippen LogP contribution < -0.4 is 16.8 Å². The monoisotopic (exact) mass is 210 g/mol. The summed E-state index contributed by atoms with van der Waals surface area (Å²) in [5.41, 5.74) is 10.9. The minimum atomic E-state index is 0.141. The Balaban J connectivity index is 2.63. The van der Waals surface area contributed by atoms with Gasteiger partial charge < -0.3 is 16.8 Å². The van der Waals surface area contributed by atoms with E-state index in [0.717, 1.165) is 6.42 Å². The van der Waals surface area contributed by atoms with E-state index < -0.39 is 0 Å². The Morgan fingerprint density at radius 1 is 1.07 bits per heavy atom. The van der Waals surface area contributed by atoms with Gasteiger partial charge in [-0.25, -0.2) is 0 Å². The summed E-state index contributed by atoms with van der Waals surface area (Å²) in [7, 11) is 0. The molecule has 6 heteroatoms. The summed E-state index contributed by atoms with van der Waals surface area (Å²) in [6.07, 6.45) is 1.03. The molecule has 0 bridgehead atoms. The average molecular weight is 210 g/mol. The summed E-state index contributed by atoms with van der Waals surface area (Å²) in [6.45, 7) is 6.39. The van der Waals surface area contributed by atoms with Gasteiger partial charge in [-0.3, -0.25) is 0 Å². The second-order valence-corrected chi connectivity index (χ2v) is 4.05. The number of hydrogen-bond acceptors (Lipinski definition) is 6. The molecule has 0 amide bonds. The topological polar surface area (TPSA) is 103 Å². The Bertz CT molecular complexity index is 304. The number of hydrogen-bond donors (Lipinski definition) is 3. The molecule has 1 aromatic heterocycles. The highest BCUT2D eigenvalue weighted by molar-refractivity contribution is 5.37. The largest absolute Gasteiger partial charge is 0.368 e. The average Bonchev–Trinajstić information content (AvgIpc) is 1.98. The van der Waals surface area contributed by atoms with Crippen molar-refractivity contribution in [3.05, 3.63) is 0 Å². The minimum absolute atomic E-state index is 0.141. The fourth-order valence-corrected chi connectivity index (χ4v) is 1.46. The lowest BCUT2D eigenvalue weighted by Gasteiger charge is -2.15. The number of anilines is 3. The highest BCUT2D eigenvalue weighted by Gasteiger charge is 2.07. The van der Waals surface area contributed by atoms with Crippen LogP contribution in [0.2, 0.25) is 0 Å². The molecule has 1 aromatic rings. The first-order valence-electron chi connectivity index (χ1n) is 5.01. The molecule has 1 heterocycles. The van der Waals surface area contributed by atoms with Gasteiger partial charge in [0.1, 0.15) is 0 Å². The van der Waals surface area contributed by atoms with Crippen molar-refractivity contribution in [3.8, 4) is 0 Å². The van der Waals surface area contributed by atoms with Crippen LogP contribution in [0.4, 0.5) is 17.8 Å². The molecule has 6 nitrogen and oxygen atoms in total. The first kappa shape index (κ1) is 11.5. The molecule has 0 aromatic carbocycles. The van der Waals surface area contributed by atoms with Gasteiger partial charge in [0, 0.05) is 6.04 Å². The third-order valence-electron chi connectivity index (χ3n) is 1.87. The molecular formula is C9H18N6. The van der Waals surface area contributed by atoms with Gasteiger partial charge in [-0.2, -0.15) is 15.0 Å². The van der Waals surface area contributed by atoms with Gasteiger partial charge in [-0.05, 0) is 19.3 Å². The molecule has 0 radical (unpaired) electrons. The zero-order valence-corrected chi connectivity index (χ0v) is 9.36. The van der Waals surface area contributed by atoms with Crippen LogP contribution in [0, 0.1) is 5.92 Å². The lowest BCUT2D eigenvalue weighted by atomic mass is 10.1. The lowest BCUT2D eigenvalue weighted by molar-refractivity contribution is 0.537. The van der Waals surface area contributed by atoms with Crippen molar-refractivity contribution in [2.24, 2.45) is 5.92 Å². The third kappa shape index (κ3) is 3.97. The van der Waals surface area contributed by atoms with E-state index in [1.54, 1.807) is 0 Å². The third-order valence-corrected chi connectivity index (χ3v) is 1.87. The number of aromatic nitrogens is 3. The standard InChI is InChI=1S/C9H18N6/c1-5(2)4-6(3)12-9-14-7(10)13-8(11)15-9/h5-6H,4H2,1-3H3,(H5,10,11,12,13,14,15). The van der Waals surface area contributed by atoms with Crippen LogP contribution in [0.3, 0.4) is 0 Å². The van der Waals surface area contributed by atoms with E-state index in [-0.39, 0.29) is 17.9 Å². The molecule has 0 saturated carbocycles. The molecule has 0 saturated heterocycles. The number of nitrogens with zero attached hydrogens (tertiary/aromatic N) is 3. The predicted molar refractivity (Wildman–Crippen MR) is 61.2 cm³/mol. The zero-order chi connectivity index (χ0) is 11.4. The maximum Gasteiger partial charge on any atom is 0.229 e. The highest BCUT2D eigenvalue weighted by atomic mass is 15.2. The number of rotatable bonds is 4. The van der Waals surface area contributed by atoms with E-state index in [1.165, 1.54) is 0 Å². The fourth-order valence-electron chi connectivity index (χ4n) is 1.46. The van der Waals surface area contributed by atoms with Crippen molar-refractivity contribution >= 4 is 17.8 Å². The van der Waals surface area contributed by atoms with Crippen LogP contribution >= 0.6 is 0 Å². The van der Waals surface area contributed by atoms with Crippen molar-refractivity contribution in [2.45, 2.75) is 33.2 Å². The van der Waals surface area contributed by atoms with Crippen LogP contribution in [0.1, 0.15) is 27.2 Å². The van der Waals surface area contributed by atoms with Crippen molar-refractivity contribution in [1.82, 2.24) is 15.0 Å². The van der Waals surface area contributed by atoms with Crippen molar-refractivity contribution in [1.29, 1.82) is 0 Å². The molecule has 5 N–H and O–H groups in total. The molecule has 1 rings (SSSR count). The summed E-state index contributed by atoms with van der Waals surface area (Å²) >= 11 is 0. The Morgan fingerprint density at radius 2 is 1.60 bits per heavy atom.